The summed E-state index contributed by atoms with van der Waals surface area (Å²) in [6.07, 6.45) is 2.49. The Morgan fingerprint density at radius 1 is 0.629 bits per heavy atom. The first-order chi connectivity index (χ1) is 15.8. The van der Waals surface area contributed by atoms with E-state index in [1.165, 1.54) is 50.2 Å². The zero-order valence-electron chi connectivity index (χ0n) is 24.0. The molecule has 0 bridgehead atoms. The average molecular weight is 577 g/mol. The van der Waals surface area contributed by atoms with Gasteiger partial charge >= 0.3 is 32.7 Å². The first-order valence-corrected chi connectivity index (χ1v) is 19.9. The normalized spacial score (nSPS) is 11.5. The molecule has 0 fully saturated rings. The van der Waals surface area contributed by atoms with Crippen molar-refractivity contribution < 1.29 is 32.7 Å². The van der Waals surface area contributed by atoms with Gasteiger partial charge in [0.05, 0.1) is 0 Å². The molecule has 0 aliphatic heterocycles. The maximum Gasteiger partial charge on any atom is 3.00 e. The second kappa shape index (κ2) is 13.7. The van der Waals surface area contributed by atoms with E-state index in [1.807, 2.05) is 0 Å². The minimum Gasteiger partial charge on any atom is -0.343 e. The van der Waals surface area contributed by atoms with Crippen molar-refractivity contribution in [1.29, 1.82) is 0 Å². The Bertz CT molecular complexity index is 1020. The predicted molar refractivity (Wildman–Crippen MR) is 163 cm³/mol. The van der Waals surface area contributed by atoms with E-state index in [-0.39, 0.29) is 32.7 Å². The van der Waals surface area contributed by atoms with Gasteiger partial charge < -0.3 is 6.92 Å². The van der Waals surface area contributed by atoms with E-state index < -0.39 is 16.1 Å². The van der Waals surface area contributed by atoms with E-state index in [1.54, 1.807) is 0 Å². The van der Waals surface area contributed by atoms with Crippen LogP contribution >= 0.6 is 0 Å². The van der Waals surface area contributed by atoms with Gasteiger partial charge in [-0.3, -0.25) is 0 Å². The zero-order chi connectivity index (χ0) is 25.7. The van der Waals surface area contributed by atoms with E-state index in [0.29, 0.717) is 0 Å². The molecule has 4 aromatic rings. The Balaban J connectivity index is 0.000000259. The second-order valence-corrected chi connectivity index (χ2v) is 23.5. The minimum atomic E-state index is -0.921. The molecular weight excluding hydrogens is 529 g/mol. The summed E-state index contributed by atoms with van der Waals surface area (Å²) in [5.74, 6) is 0. The minimum absolute atomic E-state index is 0. The fourth-order valence-electron chi connectivity index (χ4n) is 5.44. The summed E-state index contributed by atoms with van der Waals surface area (Å²) in [6.45, 7) is 27.6. The van der Waals surface area contributed by atoms with Gasteiger partial charge in [0.25, 0.3) is 0 Å². The largest absolute Gasteiger partial charge is 3.00 e. The number of rotatable bonds is 4. The van der Waals surface area contributed by atoms with Crippen LogP contribution in [0.2, 0.25) is 44.4 Å². The quantitative estimate of drug-likeness (QED) is 0.167. The van der Waals surface area contributed by atoms with Crippen LogP contribution in [-0.4, -0.2) is 16.1 Å². The smallest absolute Gasteiger partial charge is 0.343 e. The van der Waals surface area contributed by atoms with Gasteiger partial charge in [0.15, 0.2) is 0 Å². The molecule has 186 valence electrons. The van der Waals surface area contributed by atoms with Crippen molar-refractivity contribution in [2.45, 2.75) is 85.0 Å². The molecule has 0 spiro atoms. The second-order valence-electron chi connectivity index (χ2n) is 12.0. The summed E-state index contributed by atoms with van der Waals surface area (Å²) in [5, 5.41) is 6.62. The van der Waals surface area contributed by atoms with Crippen molar-refractivity contribution in [2.24, 2.45) is 0 Å². The first kappa shape index (κ1) is 32.2. The van der Waals surface area contributed by atoms with Crippen LogP contribution in [0.3, 0.4) is 0 Å². The Morgan fingerprint density at radius 2 is 0.971 bits per heavy atom. The number of aryl methyl sites for hydroxylation is 4. The molecule has 0 radical (unpaired) electrons. The molecule has 0 aromatic heterocycles. The Hall–Kier alpha value is -0.802. The van der Waals surface area contributed by atoms with Crippen LogP contribution in [0.4, 0.5) is 0 Å². The molecule has 0 amide bonds. The molecule has 4 aromatic carbocycles. The van der Waals surface area contributed by atoms with Crippen LogP contribution in [0.1, 0.15) is 35.1 Å². The van der Waals surface area contributed by atoms with Crippen LogP contribution in [0.5, 0.6) is 0 Å². The van der Waals surface area contributed by atoms with E-state index >= 15 is 0 Å². The SMILES string of the molecule is Cc1ccc(C)c2[cH-]ccc12.Cc1ccc(C)c2[cH-]ccc12.[CH2-]CCC([Si](C)(C)C)[Si](C)(C)C.[Y+3]. The maximum atomic E-state index is 4.00. The topological polar surface area (TPSA) is 0 Å². The van der Waals surface area contributed by atoms with Crippen molar-refractivity contribution in [3.05, 3.63) is 89.8 Å². The molecular formula is C32H47Si2Y. The van der Waals surface area contributed by atoms with Crippen molar-refractivity contribution in [2.75, 3.05) is 0 Å². The molecule has 0 atom stereocenters. The van der Waals surface area contributed by atoms with E-state index in [4.69, 9.17) is 0 Å². The van der Waals surface area contributed by atoms with Crippen LogP contribution < -0.4 is 0 Å². The third-order valence-corrected chi connectivity index (χ3v) is 17.0. The van der Waals surface area contributed by atoms with Gasteiger partial charge in [-0.25, -0.2) is 0 Å². The van der Waals surface area contributed by atoms with Gasteiger partial charge in [0.1, 0.15) is 0 Å². The number of hydrogen-bond donors (Lipinski definition) is 0. The Kier molecular flexibility index (Phi) is 12.6. The number of benzene rings is 2. The average Bonchev–Trinajstić information content (AvgIpc) is 3.42. The monoisotopic (exact) mass is 576 g/mol. The molecule has 0 unspecified atom stereocenters. The van der Waals surface area contributed by atoms with Gasteiger partial charge in [0.2, 0.25) is 0 Å². The van der Waals surface area contributed by atoms with Gasteiger partial charge in [-0.15, -0.1) is 56.9 Å². The molecule has 0 N–H and O–H groups in total. The summed E-state index contributed by atoms with van der Waals surface area (Å²) >= 11 is 0. The molecule has 0 aliphatic carbocycles. The van der Waals surface area contributed by atoms with Crippen LogP contribution in [-0.2, 0) is 32.7 Å². The fraction of sp³-hybridized carbons (Fsp3) is 0.406. The predicted octanol–water partition coefficient (Wildman–Crippen LogP) is 10.5. The van der Waals surface area contributed by atoms with Crippen molar-refractivity contribution in [1.82, 2.24) is 0 Å². The molecule has 0 aliphatic rings. The van der Waals surface area contributed by atoms with Crippen molar-refractivity contribution in [3.8, 4) is 0 Å². The Morgan fingerprint density at radius 3 is 1.23 bits per heavy atom. The van der Waals surface area contributed by atoms with E-state index in [0.717, 1.165) is 11.6 Å². The van der Waals surface area contributed by atoms with Gasteiger partial charge in [-0.2, -0.15) is 30.7 Å². The standard InChI is InChI=1S/2C11H11.C10H25Si2.Y/c2*1-8-6-7-9(2)11-5-3-4-10(8)11;1-8-9-10(11(2,3)4)12(5,6)7;/h2*3-7H,1-2H3;10H,1,8-9H2,2-7H3;/q3*-1;+3. The third kappa shape index (κ3) is 8.92. The van der Waals surface area contributed by atoms with E-state index in [2.05, 4.69) is 135 Å². The summed E-state index contributed by atoms with van der Waals surface area (Å²) in [7, 11) is -1.84. The maximum absolute atomic E-state index is 4.00. The van der Waals surface area contributed by atoms with E-state index in [9.17, 15) is 0 Å². The molecule has 0 saturated heterocycles. The third-order valence-electron chi connectivity index (χ3n) is 7.08. The molecule has 4 rings (SSSR count). The fourth-order valence-corrected chi connectivity index (χ4v) is 18.0. The first-order valence-electron chi connectivity index (χ1n) is 12.8. The van der Waals surface area contributed by atoms with Crippen LogP contribution in [0.25, 0.3) is 21.5 Å². The summed E-state index contributed by atoms with van der Waals surface area (Å²) in [5.41, 5.74) is 5.48. The molecule has 0 saturated carbocycles. The van der Waals surface area contributed by atoms with Crippen molar-refractivity contribution >= 4 is 37.7 Å². The summed E-state index contributed by atoms with van der Waals surface area (Å²) < 4.78 is 0. The van der Waals surface area contributed by atoms with Gasteiger partial charge in [-0.05, 0) is 13.8 Å². The van der Waals surface area contributed by atoms with Crippen molar-refractivity contribution in [3.63, 3.8) is 0 Å². The van der Waals surface area contributed by atoms with Gasteiger partial charge in [0, 0.05) is 16.1 Å². The zero-order valence-corrected chi connectivity index (χ0v) is 28.9. The van der Waals surface area contributed by atoms with Crippen LogP contribution in [0, 0.1) is 34.6 Å². The number of hydrogen-bond acceptors (Lipinski definition) is 0. The molecule has 3 heteroatoms. The van der Waals surface area contributed by atoms with Crippen LogP contribution in [0.15, 0.2) is 60.7 Å². The summed E-state index contributed by atoms with van der Waals surface area (Å²) in [6, 6.07) is 21.7. The number of fused-ring (bicyclic) bond motifs is 2. The Labute approximate surface area is 243 Å². The molecule has 0 nitrogen and oxygen atoms in total. The summed E-state index contributed by atoms with van der Waals surface area (Å²) in [4.78, 5) is 0. The molecule has 35 heavy (non-hydrogen) atoms. The molecule has 0 heterocycles. The van der Waals surface area contributed by atoms with Gasteiger partial charge in [-0.1, -0.05) is 88.0 Å².